The highest BCUT2D eigenvalue weighted by atomic mass is 16.5. The first-order valence-electron chi connectivity index (χ1n) is 6.20. The first-order chi connectivity index (χ1) is 9.61. The number of nitrogens with zero attached hydrogens (tertiary/aromatic N) is 2. The third kappa shape index (κ3) is 3.09. The third-order valence-electron chi connectivity index (χ3n) is 2.93. The molecular formula is C14H17N3O3. The van der Waals surface area contributed by atoms with E-state index in [-0.39, 0.29) is 6.61 Å². The zero-order chi connectivity index (χ0) is 14.5. The minimum Gasteiger partial charge on any atom is -0.496 e. The average Bonchev–Trinajstić information content (AvgIpc) is 2.84. The first-order valence-corrected chi connectivity index (χ1v) is 6.20. The van der Waals surface area contributed by atoms with Crippen molar-refractivity contribution in [1.29, 1.82) is 0 Å². The lowest BCUT2D eigenvalue weighted by molar-refractivity contribution is 0.0487. The van der Waals surface area contributed by atoms with Crippen LogP contribution in [-0.2, 0) is 11.3 Å². The van der Waals surface area contributed by atoms with E-state index >= 15 is 0 Å². The highest BCUT2D eigenvalue weighted by Crippen LogP contribution is 2.21. The Bertz CT molecular complexity index is 607. The summed E-state index contributed by atoms with van der Waals surface area (Å²) in [6, 6.07) is 4.86. The lowest BCUT2D eigenvalue weighted by Gasteiger charge is -2.10. The van der Waals surface area contributed by atoms with E-state index in [9.17, 15) is 4.79 Å². The van der Waals surface area contributed by atoms with Crippen LogP contribution < -0.4 is 10.5 Å². The number of ether oxygens (including phenoxy) is 2. The number of imidazole rings is 1. The van der Waals surface area contributed by atoms with Crippen LogP contribution in [0, 0.1) is 6.92 Å². The average molecular weight is 275 g/mol. The second-order valence-corrected chi connectivity index (χ2v) is 4.26. The van der Waals surface area contributed by atoms with Gasteiger partial charge in [0.1, 0.15) is 23.7 Å². The van der Waals surface area contributed by atoms with Crippen LogP contribution in [0.3, 0.4) is 0 Å². The molecule has 0 aliphatic heterocycles. The van der Waals surface area contributed by atoms with Crippen molar-refractivity contribution in [2.75, 3.05) is 19.5 Å². The van der Waals surface area contributed by atoms with Gasteiger partial charge in [-0.25, -0.2) is 9.78 Å². The molecule has 0 unspecified atom stereocenters. The van der Waals surface area contributed by atoms with E-state index in [0.717, 1.165) is 5.82 Å². The van der Waals surface area contributed by atoms with Crippen molar-refractivity contribution < 1.29 is 14.3 Å². The van der Waals surface area contributed by atoms with Crippen LogP contribution in [0.15, 0.2) is 30.6 Å². The van der Waals surface area contributed by atoms with Crippen molar-refractivity contribution in [3.8, 4) is 5.75 Å². The van der Waals surface area contributed by atoms with Crippen molar-refractivity contribution in [3.63, 3.8) is 0 Å². The molecule has 0 saturated heterocycles. The number of aromatic nitrogens is 2. The number of hydrogen-bond acceptors (Lipinski definition) is 5. The van der Waals surface area contributed by atoms with Gasteiger partial charge in [-0.15, -0.1) is 0 Å². The standard InChI is InChI=1S/C14H17N3O3/c1-10-16-5-6-17(10)7-8-20-14(18)12-9-11(15)3-4-13(12)19-2/h3-6,9H,7-8,15H2,1-2H3. The highest BCUT2D eigenvalue weighted by Gasteiger charge is 2.14. The number of benzene rings is 1. The second-order valence-electron chi connectivity index (χ2n) is 4.26. The van der Waals surface area contributed by atoms with Crippen molar-refractivity contribution in [3.05, 3.63) is 42.0 Å². The van der Waals surface area contributed by atoms with Crippen molar-refractivity contribution in [2.45, 2.75) is 13.5 Å². The van der Waals surface area contributed by atoms with Crippen LogP contribution in [0.25, 0.3) is 0 Å². The molecule has 0 bridgehead atoms. The predicted octanol–water partition coefficient (Wildman–Crippen LogP) is 1.64. The van der Waals surface area contributed by atoms with Gasteiger partial charge in [0.25, 0.3) is 0 Å². The van der Waals surface area contributed by atoms with Gasteiger partial charge in [0.15, 0.2) is 0 Å². The molecule has 0 spiro atoms. The second kappa shape index (κ2) is 6.10. The number of anilines is 1. The molecule has 0 atom stereocenters. The number of nitrogen functional groups attached to an aromatic ring is 1. The lowest BCUT2D eigenvalue weighted by atomic mass is 10.2. The van der Waals surface area contributed by atoms with Crippen LogP contribution in [0.4, 0.5) is 5.69 Å². The van der Waals surface area contributed by atoms with Gasteiger partial charge in [0, 0.05) is 18.1 Å². The molecule has 0 aliphatic rings. The van der Waals surface area contributed by atoms with Gasteiger partial charge in [0.2, 0.25) is 0 Å². The topological polar surface area (TPSA) is 79.4 Å². The number of methoxy groups -OCH3 is 1. The molecule has 0 fully saturated rings. The van der Waals surface area contributed by atoms with Gasteiger partial charge in [-0.1, -0.05) is 0 Å². The molecular weight excluding hydrogens is 258 g/mol. The van der Waals surface area contributed by atoms with Crippen molar-refractivity contribution in [2.24, 2.45) is 0 Å². The summed E-state index contributed by atoms with van der Waals surface area (Å²) in [5.74, 6) is 0.873. The summed E-state index contributed by atoms with van der Waals surface area (Å²) in [6.07, 6.45) is 3.54. The Labute approximate surface area is 117 Å². The normalized spacial score (nSPS) is 10.3. The molecule has 1 heterocycles. The molecule has 2 rings (SSSR count). The number of hydrogen-bond donors (Lipinski definition) is 1. The minimum absolute atomic E-state index is 0.258. The molecule has 0 amide bonds. The Balaban J connectivity index is 1.98. The number of nitrogens with two attached hydrogens (primary N) is 1. The molecule has 1 aromatic carbocycles. The van der Waals surface area contributed by atoms with Gasteiger partial charge >= 0.3 is 5.97 Å². The Morgan fingerprint density at radius 1 is 1.45 bits per heavy atom. The van der Waals surface area contributed by atoms with Crippen LogP contribution in [0.1, 0.15) is 16.2 Å². The summed E-state index contributed by atoms with van der Waals surface area (Å²) < 4.78 is 12.3. The first kappa shape index (κ1) is 13.9. The van der Waals surface area contributed by atoms with E-state index in [4.69, 9.17) is 15.2 Å². The molecule has 20 heavy (non-hydrogen) atoms. The van der Waals surface area contributed by atoms with Gasteiger partial charge in [-0.05, 0) is 25.1 Å². The monoisotopic (exact) mass is 275 g/mol. The smallest absolute Gasteiger partial charge is 0.342 e. The van der Waals surface area contributed by atoms with Crippen LogP contribution in [0.5, 0.6) is 5.75 Å². The summed E-state index contributed by atoms with van der Waals surface area (Å²) in [6.45, 7) is 2.71. The molecule has 0 saturated carbocycles. The number of carbonyl (C=O) groups is 1. The van der Waals surface area contributed by atoms with Crippen molar-refractivity contribution in [1.82, 2.24) is 9.55 Å². The Morgan fingerprint density at radius 2 is 2.25 bits per heavy atom. The SMILES string of the molecule is COc1ccc(N)cc1C(=O)OCCn1ccnc1C. The fourth-order valence-electron chi connectivity index (χ4n) is 1.84. The van der Waals surface area contributed by atoms with E-state index in [1.807, 2.05) is 17.7 Å². The largest absolute Gasteiger partial charge is 0.496 e. The van der Waals surface area contributed by atoms with E-state index in [1.54, 1.807) is 24.4 Å². The number of rotatable bonds is 5. The summed E-state index contributed by atoms with van der Waals surface area (Å²) in [5, 5.41) is 0. The fraction of sp³-hybridized carbons (Fsp3) is 0.286. The fourth-order valence-corrected chi connectivity index (χ4v) is 1.84. The minimum atomic E-state index is -0.452. The molecule has 6 heteroatoms. The third-order valence-corrected chi connectivity index (χ3v) is 2.93. The van der Waals surface area contributed by atoms with Crippen LogP contribution >= 0.6 is 0 Å². The maximum absolute atomic E-state index is 12.0. The zero-order valence-electron chi connectivity index (χ0n) is 11.5. The Kier molecular flexibility index (Phi) is 4.24. The van der Waals surface area contributed by atoms with E-state index in [0.29, 0.717) is 23.5 Å². The van der Waals surface area contributed by atoms with Gasteiger partial charge in [0.05, 0.1) is 13.7 Å². The quantitative estimate of drug-likeness (QED) is 0.663. The van der Waals surface area contributed by atoms with Gasteiger partial charge < -0.3 is 19.8 Å². The number of carbonyl (C=O) groups excluding carboxylic acids is 1. The maximum Gasteiger partial charge on any atom is 0.342 e. The molecule has 0 aliphatic carbocycles. The van der Waals surface area contributed by atoms with Gasteiger partial charge in [-0.2, -0.15) is 0 Å². The molecule has 2 aromatic rings. The summed E-state index contributed by atoms with van der Waals surface area (Å²) in [5.41, 5.74) is 6.49. The Hall–Kier alpha value is -2.50. The zero-order valence-corrected chi connectivity index (χ0v) is 11.5. The molecule has 1 aromatic heterocycles. The lowest BCUT2D eigenvalue weighted by Crippen LogP contribution is -2.13. The van der Waals surface area contributed by atoms with Gasteiger partial charge in [-0.3, -0.25) is 0 Å². The summed E-state index contributed by atoms with van der Waals surface area (Å²) in [7, 11) is 1.50. The molecule has 6 nitrogen and oxygen atoms in total. The predicted molar refractivity (Wildman–Crippen MR) is 74.7 cm³/mol. The van der Waals surface area contributed by atoms with E-state index in [1.165, 1.54) is 7.11 Å². The molecule has 2 N–H and O–H groups in total. The highest BCUT2D eigenvalue weighted by molar-refractivity contribution is 5.93. The molecule has 0 radical (unpaired) electrons. The van der Waals surface area contributed by atoms with Crippen LogP contribution in [-0.4, -0.2) is 29.2 Å². The van der Waals surface area contributed by atoms with Crippen LogP contribution in [0.2, 0.25) is 0 Å². The maximum atomic E-state index is 12.0. The number of aryl methyl sites for hydroxylation is 1. The summed E-state index contributed by atoms with van der Waals surface area (Å²) >= 11 is 0. The number of esters is 1. The van der Waals surface area contributed by atoms with E-state index in [2.05, 4.69) is 4.98 Å². The molecule has 106 valence electrons. The summed E-state index contributed by atoms with van der Waals surface area (Å²) in [4.78, 5) is 16.1. The van der Waals surface area contributed by atoms with E-state index < -0.39 is 5.97 Å². The Morgan fingerprint density at radius 3 is 2.90 bits per heavy atom. The van der Waals surface area contributed by atoms with Crippen molar-refractivity contribution >= 4 is 11.7 Å².